The van der Waals surface area contributed by atoms with Crippen LogP contribution < -0.4 is 15.4 Å². The Morgan fingerprint density at radius 1 is 0.604 bits per heavy atom. The second-order valence-electron chi connectivity index (χ2n) is 8.48. The van der Waals surface area contributed by atoms with Gasteiger partial charge in [-0.05, 0) is 27.8 Å². The highest BCUT2D eigenvalue weighted by Gasteiger charge is 1.90. The number of carbonyl (C=O) groups excluding carboxylic acids is 4. The topological polar surface area (TPSA) is 244 Å². The van der Waals surface area contributed by atoms with Gasteiger partial charge in [0.05, 0.1) is 33.8 Å². The monoisotopic (exact) mass is 767 g/mol. The first kappa shape index (κ1) is 71.4. The molecule has 0 saturated heterocycles. The van der Waals surface area contributed by atoms with Crippen molar-refractivity contribution in [1.29, 1.82) is 0 Å². The van der Waals surface area contributed by atoms with E-state index in [0.717, 1.165) is 32.1 Å². The lowest BCUT2D eigenvalue weighted by molar-refractivity contribution is -0.138. The van der Waals surface area contributed by atoms with Gasteiger partial charge in [0.2, 0.25) is 21.8 Å². The van der Waals surface area contributed by atoms with Gasteiger partial charge >= 0.3 is 11.9 Å². The van der Waals surface area contributed by atoms with Crippen LogP contribution in [-0.4, -0.2) is 131 Å². The Labute approximate surface area is 293 Å². The number of nitrogens with one attached hydrogen (secondary N) is 3. The predicted octanol–water partition coefficient (Wildman–Crippen LogP) is 1.93. The smallest absolute Gasteiger partial charge is 0.302 e. The van der Waals surface area contributed by atoms with E-state index < -0.39 is 30.0 Å². The molecule has 0 radical (unpaired) electrons. The fourth-order valence-electron chi connectivity index (χ4n) is 0. The van der Waals surface area contributed by atoms with Gasteiger partial charge in [-0.15, -0.1) is 0 Å². The maximum absolute atomic E-state index is 9.89. The van der Waals surface area contributed by atoms with Crippen LogP contribution in [0.5, 0.6) is 0 Å². The Kier molecular flexibility index (Phi) is 80.0. The summed E-state index contributed by atoms with van der Waals surface area (Å²) in [4.78, 5) is 38.6. The number of amides is 2. The minimum atomic E-state index is -3.16. The number of methoxy groups -OCH3 is 3. The van der Waals surface area contributed by atoms with E-state index >= 15 is 0 Å². The summed E-state index contributed by atoms with van der Waals surface area (Å²) >= 11 is 0. The highest BCUT2D eigenvalue weighted by molar-refractivity contribution is 7.90. The van der Waals surface area contributed by atoms with E-state index in [9.17, 15) is 44.4 Å². The van der Waals surface area contributed by atoms with Crippen molar-refractivity contribution < 1.29 is 62.8 Å². The molecular formula is C28H69N3O14S3. The molecule has 0 unspecified atom stereocenters. The molecule has 0 aromatic heterocycles. The number of ether oxygens (including phenoxy) is 3. The van der Waals surface area contributed by atoms with Gasteiger partial charge < -0.3 is 24.8 Å². The number of sulfonamides is 1. The molecule has 0 aliphatic rings. The number of hydrogen-bond acceptors (Lipinski definition) is 14. The highest BCUT2D eigenvalue weighted by Crippen LogP contribution is 1.82. The minimum absolute atomic E-state index is 0.00463. The van der Waals surface area contributed by atoms with Gasteiger partial charge in [0.15, 0.2) is 0 Å². The highest BCUT2D eigenvalue weighted by atomic mass is 32.2. The first-order valence-corrected chi connectivity index (χ1v) is 19.6. The Morgan fingerprint density at radius 3 is 0.708 bits per heavy atom. The lowest BCUT2D eigenvalue weighted by Gasteiger charge is -1.85. The van der Waals surface area contributed by atoms with Gasteiger partial charge in [-0.2, -0.15) is 8.42 Å². The van der Waals surface area contributed by atoms with E-state index in [1.54, 1.807) is 28.3 Å². The van der Waals surface area contributed by atoms with E-state index in [4.69, 9.17) is 0 Å². The molecule has 0 aromatic carbocycles. The van der Waals surface area contributed by atoms with Crippen LogP contribution in [0.25, 0.3) is 0 Å². The van der Waals surface area contributed by atoms with Crippen molar-refractivity contribution in [1.82, 2.24) is 15.4 Å². The maximum Gasteiger partial charge on any atom is 0.302 e. The second-order valence-corrected chi connectivity index (χ2v) is 14.5. The molecule has 0 fully saturated rings. The van der Waals surface area contributed by atoms with Crippen molar-refractivity contribution in [2.45, 2.75) is 68.7 Å². The summed E-state index contributed by atoms with van der Waals surface area (Å²) in [5.74, 6) is -0.481. The van der Waals surface area contributed by atoms with Gasteiger partial charge in [-0.25, -0.2) is 21.6 Å². The summed E-state index contributed by atoms with van der Waals surface area (Å²) in [6, 6.07) is 0. The Morgan fingerprint density at radius 2 is 0.708 bits per heavy atom. The first-order chi connectivity index (χ1) is 21.3. The molecule has 2 amide bonds. The summed E-state index contributed by atoms with van der Waals surface area (Å²) in [6.07, 6.45) is 7.75. The van der Waals surface area contributed by atoms with Crippen molar-refractivity contribution in [3.63, 3.8) is 0 Å². The molecular weight excluding hydrogens is 699 g/mol. The summed E-state index contributed by atoms with van der Waals surface area (Å²) in [5.41, 5.74) is 1.38. The zero-order chi connectivity index (χ0) is 41.8. The Balaban J connectivity index is -0.0000000420. The minimum Gasteiger partial charge on any atom is -0.469 e. The van der Waals surface area contributed by atoms with Crippen molar-refractivity contribution >= 4 is 53.7 Å². The van der Waals surface area contributed by atoms with E-state index in [1.807, 2.05) is 6.92 Å². The second kappa shape index (κ2) is 53.8. The lowest BCUT2D eigenvalue weighted by atomic mass is 10.3. The SMILES string of the molecule is CC=C(C)C.CCC.CNC(C)=O.CNC(C)=O.CNS(C)(=O)=O.COC.COC(C)=O.COC(C)=O.COS(C)(=O)=O.CS(C)(=O)=O. The van der Waals surface area contributed by atoms with Gasteiger partial charge in [-0.1, -0.05) is 31.9 Å². The fraction of sp³-hybridized carbons (Fsp3) is 0.786. The van der Waals surface area contributed by atoms with Crippen LogP contribution >= 0.6 is 0 Å². The molecule has 0 atom stereocenters. The lowest BCUT2D eigenvalue weighted by Crippen LogP contribution is -2.15. The molecule has 0 saturated carbocycles. The standard InChI is InChI=1S/C5H10.2C3H7NO.2C3H6O2.C3H8.C2H7NO2S.C2H6O3S.C2H6O2S.C2H6O/c1-4-5(2)3;2*1-3(5)4-2;2*1-3(4)5-2;1-3-2;1-3-6(2,4)5;1-5-6(2,3)4;1-5(2,3)4;1-3-2/h4H,1-3H3;2*1-2H3,(H,4,5);2*1-2H3;3H2,1-2H3;3H,1-2H3;1-2H3;1-2H3;1-2H3. The molecule has 0 heterocycles. The molecule has 3 N–H and O–H groups in total. The van der Waals surface area contributed by atoms with E-state index in [1.165, 1.54) is 61.0 Å². The van der Waals surface area contributed by atoms with Crippen LogP contribution in [0.3, 0.4) is 0 Å². The van der Waals surface area contributed by atoms with Crippen molar-refractivity contribution in [2.24, 2.45) is 0 Å². The van der Waals surface area contributed by atoms with Crippen LogP contribution in [0.1, 0.15) is 68.7 Å². The molecule has 0 rings (SSSR count). The summed E-state index contributed by atoms with van der Waals surface area (Å²) in [7, 11) is 2.90. The number of carbonyl (C=O) groups is 4. The third-order valence-electron chi connectivity index (χ3n) is 2.53. The largest absolute Gasteiger partial charge is 0.469 e. The van der Waals surface area contributed by atoms with Crippen molar-refractivity contribution in [2.75, 3.05) is 81.7 Å². The van der Waals surface area contributed by atoms with Crippen LogP contribution in [0, 0.1) is 0 Å². The first-order valence-electron chi connectivity index (χ1n) is 13.6. The molecule has 0 aliphatic carbocycles. The summed E-state index contributed by atoms with van der Waals surface area (Å²) in [5, 5.41) is 4.78. The third-order valence-corrected chi connectivity index (χ3v) is 3.88. The quantitative estimate of drug-likeness (QED) is 0.207. The number of esters is 2. The molecule has 298 valence electrons. The molecule has 0 aromatic rings. The number of rotatable bonds is 2. The van der Waals surface area contributed by atoms with Crippen LogP contribution in [0.2, 0.25) is 0 Å². The van der Waals surface area contributed by atoms with Gasteiger partial charge in [0, 0.05) is 68.5 Å². The van der Waals surface area contributed by atoms with Crippen molar-refractivity contribution in [3.05, 3.63) is 11.6 Å². The number of allylic oxidation sites excluding steroid dienone is 2. The Bertz CT molecular complexity index is 958. The van der Waals surface area contributed by atoms with Gasteiger partial charge in [0.1, 0.15) is 9.84 Å². The van der Waals surface area contributed by atoms with Crippen molar-refractivity contribution in [3.8, 4) is 0 Å². The molecule has 0 bridgehead atoms. The number of sulfone groups is 1. The molecule has 48 heavy (non-hydrogen) atoms. The van der Waals surface area contributed by atoms with Gasteiger partial charge in [0.25, 0.3) is 10.1 Å². The van der Waals surface area contributed by atoms with Gasteiger partial charge in [-0.3, -0.25) is 23.4 Å². The average Bonchev–Trinajstić information content (AvgIpc) is 2.94. The van der Waals surface area contributed by atoms with E-state index in [0.29, 0.717) is 0 Å². The zero-order valence-corrected chi connectivity index (χ0v) is 35.7. The maximum atomic E-state index is 9.89. The normalized spacial score (nSPS) is 8.44. The molecule has 0 spiro atoms. The number of hydrogen-bond donors (Lipinski definition) is 3. The van der Waals surface area contributed by atoms with Crippen LogP contribution in [0.4, 0.5) is 0 Å². The molecule has 17 nitrogen and oxygen atoms in total. The van der Waals surface area contributed by atoms with E-state index in [-0.39, 0.29) is 23.8 Å². The summed E-state index contributed by atoms with van der Waals surface area (Å²) in [6.45, 7) is 16.1. The van der Waals surface area contributed by atoms with Crippen LogP contribution in [0.15, 0.2) is 11.6 Å². The van der Waals surface area contributed by atoms with E-state index in [2.05, 4.69) is 67.5 Å². The molecule has 0 aliphatic heterocycles. The summed E-state index contributed by atoms with van der Waals surface area (Å²) < 4.78 is 77.1. The predicted molar refractivity (Wildman–Crippen MR) is 195 cm³/mol. The zero-order valence-electron chi connectivity index (χ0n) is 33.2. The third kappa shape index (κ3) is 436. The Hall–Kier alpha value is -2.65. The average molecular weight is 768 g/mol. The van der Waals surface area contributed by atoms with Crippen LogP contribution in [-0.2, 0) is 67.6 Å². The fourth-order valence-corrected chi connectivity index (χ4v) is 0. The molecule has 20 heteroatoms.